The van der Waals surface area contributed by atoms with Gasteiger partial charge in [-0.3, -0.25) is 14.8 Å². The van der Waals surface area contributed by atoms with Crippen molar-refractivity contribution in [2.45, 2.75) is 0 Å². The second-order valence-corrected chi connectivity index (χ2v) is 5.86. The summed E-state index contributed by atoms with van der Waals surface area (Å²) < 4.78 is 6.22. The van der Waals surface area contributed by atoms with E-state index in [0.29, 0.717) is 5.17 Å². The normalized spacial score (nSPS) is 18.0. The van der Waals surface area contributed by atoms with Crippen molar-refractivity contribution in [2.75, 3.05) is 7.11 Å². The molecule has 0 aliphatic carbocycles. The van der Waals surface area contributed by atoms with Gasteiger partial charge in [-0.2, -0.15) is 10.2 Å². The Hall–Kier alpha value is -2.94. The van der Waals surface area contributed by atoms with Crippen LogP contribution in [0.1, 0.15) is 5.56 Å². The number of ether oxygens (including phenoxy) is 1. The van der Waals surface area contributed by atoms with Gasteiger partial charge < -0.3 is 4.74 Å². The van der Waals surface area contributed by atoms with E-state index in [1.165, 1.54) is 7.11 Å². The number of fused-ring (bicyclic) bond motifs is 1. The average molecular weight is 343 g/mol. The third kappa shape index (κ3) is 3.35. The van der Waals surface area contributed by atoms with Crippen LogP contribution in [-0.4, -0.2) is 40.1 Å². The van der Waals surface area contributed by atoms with E-state index in [1.807, 2.05) is 31.4 Å². The Balaban J connectivity index is 1.78. The Labute approximate surface area is 141 Å². The van der Waals surface area contributed by atoms with Crippen molar-refractivity contribution in [3.05, 3.63) is 40.9 Å². The molecule has 3 rings (SSSR count). The third-order valence-corrected chi connectivity index (χ3v) is 4.03. The van der Waals surface area contributed by atoms with E-state index in [9.17, 15) is 9.59 Å². The Morgan fingerprint density at radius 3 is 3.08 bits per heavy atom. The summed E-state index contributed by atoms with van der Waals surface area (Å²) in [5, 5.41) is 16.1. The van der Waals surface area contributed by atoms with E-state index < -0.39 is 11.9 Å². The smallest absolute Gasteiger partial charge is 0.331 e. The molecule has 2 aromatic rings. The number of benzene rings is 1. The molecule has 1 N–H and O–H groups in total. The van der Waals surface area contributed by atoms with E-state index >= 15 is 0 Å². The van der Waals surface area contributed by atoms with Crippen LogP contribution in [0.2, 0.25) is 0 Å². The minimum Gasteiger partial charge on any atom is -0.466 e. The number of thioether (sulfide) groups is 1. The number of nitrogens with one attached hydrogen (secondary N) is 1. The Kier molecular flexibility index (Phi) is 4.43. The van der Waals surface area contributed by atoms with Gasteiger partial charge in [0.05, 0.1) is 18.2 Å². The Morgan fingerprint density at radius 1 is 1.46 bits per heavy atom. The molecule has 0 saturated carbocycles. The van der Waals surface area contributed by atoms with Crippen LogP contribution >= 0.6 is 11.8 Å². The van der Waals surface area contributed by atoms with Crippen LogP contribution < -0.4 is 5.32 Å². The van der Waals surface area contributed by atoms with E-state index in [1.54, 1.807) is 10.9 Å². The number of carbonyl (C=O) groups is 2. The summed E-state index contributed by atoms with van der Waals surface area (Å²) in [7, 11) is 3.09. The van der Waals surface area contributed by atoms with Crippen LogP contribution in [0, 0.1) is 0 Å². The van der Waals surface area contributed by atoms with Gasteiger partial charge in [-0.05, 0) is 11.8 Å². The fraction of sp³-hybridized carbons (Fsp3) is 0.133. The zero-order valence-corrected chi connectivity index (χ0v) is 13.7. The van der Waals surface area contributed by atoms with Crippen molar-refractivity contribution in [2.24, 2.45) is 17.3 Å². The van der Waals surface area contributed by atoms with Gasteiger partial charge in [-0.25, -0.2) is 4.79 Å². The number of amidine groups is 1. The average Bonchev–Trinajstić information content (AvgIpc) is 3.10. The van der Waals surface area contributed by atoms with Crippen LogP contribution in [0.25, 0.3) is 10.9 Å². The van der Waals surface area contributed by atoms with Crippen molar-refractivity contribution in [3.63, 3.8) is 0 Å². The minimum atomic E-state index is -0.598. The molecule has 9 heteroatoms. The molecule has 24 heavy (non-hydrogen) atoms. The standard InChI is InChI=1S/C15H13N5O3S/c1-20-8-10-5-3-4-9(13(10)19-20)7-16-18-15-17-14(22)11(24-15)6-12(21)23-2/h3-8H,1-2H3,(H,17,18,22)/b11-6+,16-7?. The molecule has 0 spiro atoms. The van der Waals surface area contributed by atoms with Gasteiger partial charge in [0.15, 0.2) is 5.17 Å². The summed E-state index contributed by atoms with van der Waals surface area (Å²) >= 11 is 1.02. The fourth-order valence-electron chi connectivity index (χ4n) is 2.08. The molecule has 1 fully saturated rings. The lowest BCUT2D eigenvalue weighted by Gasteiger charge is -1.93. The maximum absolute atomic E-state index is 11.7. The highest BCUT2D eigenvalue weighted by Crippen LogP contribution is 2.23. The molecule has 1 amide bonds. The van der Waals surface area contributed by atoms with Crippen LogP contribution in [-0.2, 0) is 21.4 Å². The molecule has 0 atom stereocenters. The zero-order valence-electron chi connectivity index (χ0n) is 12.9. The molecule has 1 aromatic carbocycles. The Bertz CT molecular complexity index is 913. The summed E-state index contributed by atoms with van der Waals surface area (Å²) in [6.45, 7) is 0. The highest BCUT2D eigenvalue weighted by molar-refractivity contribution is 8.18. The first-order chi connectivity index (χ1) is 11.6. The lowest BCUT2D eigenvalue weighted by molar-refractivity contribution is -0.135. The van der Waals surface area contributed by atoms with Crippen molar-refractivity contribution >= 4 is 45.9 Å². The topological polar surface area (TPSA) is 97.9 Å². The number of aromatic nitrogens is 2. The summed E-state index contributed by atoms with van der Waals surface area (Å²) in [4.78, 5) is 23.1. The highest BCUT2D eigenvalue weighted by atomic mass is 32.2. The molecule has 1 saturated heterocycles. The van der Waals surface area contributed by atoms with Crippen LogP contribution in [0.3, 0.4) is 0 Å². The van der Waals surface area contributed by atoms with Gasteiger partial charge in [-0.1, -0.05) is 18.2 Å². The first-order valence-corrected chi connectivity index (χ1v) is 7.70. The molecular formula is C15H13N5O3S. The number of esters is 1. The number of hydrogen-bond donors (Lipinski definition) is 1. The van der Waals surface area contributed by atoms with Crippen molar-refractivity contribution in [1.29, 1.82) is 0 Å². The molecule has 2 heterocycles. The quantitative estimate of drug-likeness (QED) is 0.391. The minimum absolute atomic E-state index is 0.211. The number of carbonyl (C=O) groups excluding carboxylic acids is 2. The van der Waals surface area contributed by atoms with E-state index in [-0.39, 0.29) is 4.91 Å². The predicted octanol–water partition coefficient (Wildman–Crippen LogP) is 1.18. The molecule has 1 aliphatic heterocycles. The molecule has 0 radical (unpaired) electrons. The third-order valence-electron chi connectivity index (χ3n) is 3.13. The second-order valence-electron chi connectivity index (χ2n) is 4.83. The molecular weight excluding hydrogens is 330 g/mol. The monoisotopic (exact) mass is 343 g/mol. The first-order valence-electron chi connectivity index (χ1n) is 6.89. The maximum Gasteiger partial charge on any atom is 0.331 e. The Morgan fingerprint density at radius 2 is 2.29 bits per heavy atom. The highest BCUT2D eigenvalue weighted by Gasteiger charge is 2.24. The van der Waals surface area contributed by atoms with Gasteiger partial charge in [0.25, 0.3) is 5.91 Å². The molecule has 1 aromatic heterocycles. The number of nitrogens with zero attached hydrogens (tertiary/aromatic N) is 4. The van der Waals surface area contributed by atoms with Gasteiger partial charge in [0.1, 0.15) is 5.52 Å². The first kappa shape index (κ1) is 15.9. The lowest BCUT2D eigenvalue weighted by Crippen LogP contribution is -2.19. The van der Waals surface area contributed by atoms with Crippen molar-refractivity contribution in [3.8, 4) is 0 Å². The molecule has 0 unspecified atom stereocenters. The number of rotatable bonds is 3. The number of hydrogen-bond acceptors (Lipinski definition) is 7. The molecule has 0 bridgehead atoms. The summed E-state index contributed by atoms with van der Waals surface area (Å²) in [6.07, 6.45) is 4.59. The number of aryl methyl sites for hydroxylation is 1. The van der Waals surface area contributed by atoms with Crippen molar-refractivity contribution in [1.82, 2.24) is 15.1 Å². The van der Waals surface area contributed by atoms with Gasteiger partial charge in [0, 0.05) is 30.3 Å². The van der Waals surface area contributed by atoms with Gasteiger partial charge in [0.2, 0.25) is 0 Å². The largest absolute Gasteiger partial charge is 0.466 e. The predicted molar refractivity (Wildman–Crippen MR) is 91.6 cm³/mol. The summed E-state index contributed by atoms with van der Waals surface area (Å²) in [5.74, 6) is -1.01. The SMILES string of the molecule is COC(=O)/C=C1/S/C(=N\N=Cc2cccc3cn(C)nc23)NC1=O. The van der Waals surface area contributed by atoms with Crippen LogP contribution in [0.5, 0.6) is 0 Å². The van der Waals surface area contributed by atoms with Crippen LogP contribution in [0.4, 0.5) is 0 Å². The zero-order chi connectivity index (χ0) is 17.1. The lowest BCUT2D eigenvalue weighted by atomic mass is 10.2. The number of methoxy groups -OCH3 is 1. The summed E-state index contributed by atoms with van der Waals surface area (Å²) in [6, 6.07) is 5.74. The molecule has 1 aliphatic rings. The fourth-order valence-corrected chi connectivity index (χ4v) is 2.82. The summed E-state index contributed by atoms with van der Waals surface area (Å²) in [5.41, 5.74) is 1.63. The molecule has 8 nitrogen and oxygen atoms in total. The van der Waals surface area contributed by atoms with Gasteiger partial charge >= 0.3 is 5.97 Å². The van der Waals surface area contributed by atoms with Crippen molar-refractivity contribution < 1.29 is 14.3 Å². The maximum atomic E-state index is 11.7. The molecule has 122 valence electrons. The van der Waals surface area contributed by atoms with E-state index in [2.05, 4.69) is 25.4 Å². The van der Waals surface area contributed by atoms with Crippen LogP contribution in [0.15, 0.2) is 45.6 Å². The van der Waals surface area contributed by atoms with Gasteiger partial charge in [-0.15, -0.1) is 5.10 Å². The van der Waals surface area contributed by atoms with E-state index in [4.69, 9.17) is 0 Å². The second kappa shape index (κ2) is 6.67. The number of amides is 1. The van der Waals surface area contributed by atoms with E-state index in [0.717, 1.165) is 34.3 Å².